The SMILES string of the molecule is [2H]c1c([2H])c([2H])c(-c2cnc(-n3c4[c-]c(Oc5[c-]c(-n6[c-][n+](-c7c(-c8c([2H])c([2H])c9c(c8[2H])C(C([2H])([2H])[2H])(C([2H])([2H])[2H])C([2H])([2H])C([2H])([2H])C9(C([2H])([2H])[2H])C([2H])([2H])[2H])cccc7-c7c([2H])c([2H])c8c(c7[2H])C(C([2H])([2H])[2H])(C([2H])([2H])[2H])C([2H])([2H])C([2H])([2H])C8(C([2H])([2H])[2H])C([2H])([2H])[2H])c7ccccc76)ccc5)ccc4c4ccccc43)cc2C([2H])([2H])C(C)(C)C)c([2H])c1[2H].[Pt]. The van der Waals surface area contributed by atoms with Gasteiger partial charge in [0.25, 0.3) is 6.33 Å². The molecular formula is C75H72N4OPt-2. The van der Waals surface area contributed by atoms with E-state index < -0.39 is 230 Å². The standard InChI is InChI=1S/C75H72N4O.Pt/c1-71(2,3)46-52-43-69(76-47-60(52)49-21-13-12-14-22-49)79-65-28-16-15-25-58(65)59-34-33-55(45-68(59)79)80-54-24-19-23-53(44-54)77-48-78(67-30-18-17-29-66(67)77)70-56(50-31-35-61-63(41-50)74(8,9)39-37-72(61,4)5)26-20-27-57(70)51-32-36-62-64(42-51)75(10,11)40-38-73(62,6)7;/h12-36,41-43,47H,37-40,46H2,1-11H3;/q-2;/i4D3,5D3,6D3,7D3,8D3,9D3,10D3,11D3,12D,13D,14D,21D,22D,31D,32D,35D,36D,37D2,38D2,39D2,40D2,41D,42D,46D2;. The quantitative estimate of drug-likeness (QED) is 0.107. The number of fused-ring (bicyclic) bond motifs is 6. The van der Waals surface area contributed by atoms with Crippen molar-refractivity contribution in [2.45, 2.75) is 129 Å². The van der Waals surface area contributed by atoms with E-state index >= 15 is 0 Å². The van der Waals surface area contributed by atoms with Crippen molar-refractivity contribution in [3.8, 4) is 62.1 Å². The molecule has 0 aliphatic heterocycles. The third kappa shape index (κ3) is 9.68. The summed E-state index contributed by atoms with van der Waals surface area (Å²) < 4.78 is 426. The van der Waals surface area contributed by atoms with Crippen LogP contribution >= 0.6 is 0 Å². The second-order valence-electron chi connectivity index (χ2n) is 20.4. The minimum Gasteiger partial charge on any atom is -0.510 e. The summed E-state index contributed by atoms with van der Waals surface area (Å²) in [5, 5.41) is 1.15. The largest absolute Gasteiger partial charge is 0.510 e. The van der Waals surface area contributed by atoms with Crippen LogP contribution in [-0.2, 0) is 49.1 Å². The minimum atomic E-state index is -4.90. The first-order valence-electron chi connectivity index (χ1n) is 47.3. The van der Waals surface area contributed by atoms with Gasteiger partial charge in [0.15, 0.2) is 0 Å². The molecule has 8 aromatic carbocycles. The monoisotopic (exact) mass is 1280 g/mol. The van der Waals surface area contributed by atoms with Crippen LogP contribution < -0.4 is 9.30 Å². The molecule has 11 aromatic rings. The van der Waals surface area contributed by atoms with Gasteiger partial charge in [-0.25, -0.2) is 4.98 Å². The van der Waals surface area contributed by atoms with E-state index in [9.17, 15) is 21.9 Å². The summed E-state index contributed by atoms with van der Waals surface area (Å²) in [5.41, 5.74) is -33.7. The van der Waals surface area contributed by atoms with Crippen molar-refractivity contribution in [3.05, 3.63) is 222 Å². The third-order valence-electron chi connectivity index (χ3n) is 13.5. The number of para-hydroxylation sites is 4. The predicted molar refractivity (Wildman–Crippen MR) is 330 cm³/mol. The van der Waals surface area contributed by atoms with Crippen LogP contribution in [0.15, 0.2) is 176 Å². The van der Waals surface area contributed by atoms with Gasteiger partial charge in [0.05, 0.1) is 31.8 Å². The van der Waals surface area contributed by atoms with Crippen LogP contribution in [0.2, 0.25) is 0 Å². The fourth-order valence-corrected chi connectivity index (χ4v) is 10.00. The smallest absolute Gasteiger partial charge is 0.268 e. The Morgan fingerprint density at radius 2 is 1.21 bits per heavy atom. The number of aromatic nitrogens is 4. The Bertz CT molecular complexity index is 6070. The molecule has 0 N–H and O–H groups in total. The van der Waals surface area contributed by atoms with Gasteiger partial charge in [0.2, 0.25) is 0 Å². The van der Waals surface area contributed by atoms with Crippen molar-refractivity contribution in [2.24, 2.45) is 5.41 Å². The number of hydrogen-bond donors (Lipinski definition) is 0. The summed E-state index contributed by atoms with van der Waals surface area (Å²) in [6.45, 7) is -31.9. The molecule has 0 saturated carbocycles. The van der Waals surface area contributed by atoms with Crippen molar-refractivity contribution in [1.82, 2.24) is 14.1 Å². The van der Waals surface area contributed by atoms with Crippen molar-refractivity contribution in [1.29, 1.82) is 0 Å². The van der Waals surface area contributed by atoms with Gasteiger partial charge in [0.1, 0.15) is 5.82 Å². The number of ether oxygens (including phenoxy) is 1. The van der Waals surface area contributed by atoms with Crippen LogP contribution in [0.3, 0.4) is 0 Å². The summed E-state index contributed by atoms with van der Waals surface area (Å²) in [4.78, 5) is 4.76. The number of benzene rings is 8. The van der Waals surface area contributed by atoms with Gasteiger partial charge in [-0.15, -0.1) is 29.7 Å². The van der Waals surface area contributed by atoms with E-state index in [4.69, 9.17) is 49.5 Å². The molecule has 3 aromatic heterocycles. The Balaban J connectivity index is 0.0000144. The molecule has 5 nitrogen and oxygen atoms in total. The Labute approximate surface area is 557 Å². The van der Waals surface area contributed by atoms with Gasteiger partial charge in [-0.05, 0) is 138 Å². The number of imidazole rings is 1. The maximum Gasteiger partial charge on any atom is 0.268 e. The summed E-state index contributed by atoms with van der Waals surface area (Å²) in [6, 6.07) is 16.1. The number of nitrogens with zero attached hydrogens (tertiary/aromatic N) is 4. The zero-order chi connectivity index (χ0) is 94.0. The first kappa shape index (κ1) is 23.1. The first-order valence-corrected chi connectivity index (χ1v) is 24.8. The first-order chi connectivity index (χ1) is 56.7. The van der Waals surface area contributed by atoms with E-state index in [1.54, 1.807) is 55.7 Å². The van der Waals surface area contributed by atoms with Crippen LogP contribution in [0.4, 0.5) is 0 Å². The second kappa shape index (κ2) is 20.0. The van der Waals surface area contributed by atoms with Crippen LogP contribution in [-0.4, -0.2) is 14.1 Å². The van der Waals surface area contributed by atoms with Gasteiger partial charge in [-0.3, -0.25) is 4.57 Å². The summed E-state index contributed by atoms with van der Waals surface area (Å²) in [6.07, 6.45) is -17.6. The fraction of sp³-hybridized carbons (Fsp3) is 0.280. The Morgan fingerprint density at radius 1 is 0.617 bits per heavy atom. The maximum absolute atomic E-state index is 10.4. The molecule has 0 unspecified atom stereocenters. The zero-order valence-electron chi connectivity index (χ0n) is 87.9. The molecule has 410 valence electrons. The average Bonchev–Trinajstić information content (AvgIpc) is 0.707. The molecule has 0 saturated heterocycles. The fourth-order valence-electron chi connectivity index (χ4n) is 10.00. The zero-order valence-corrected chi connectivity index (χ0v) is 45.2. The van der Waals surface area contributed by atoms with Crippen LogP contribution in [0, 0.1) is 23.9 Å². The predicted octanol–water partition coefficient (Wildman–Crippen LogP) is 18.9. The molecule has 2 aliphatic rings. The van der Waals surface area contributed by atoms with Crippen molar-refractivity contribution in [2.75, 3.05) is 0 Å². The second-order valence-corrected chi connectivity index (χ2v) is 20.4. The third-order valence-corrected chi connectivity index (χ3v) is 13.5. The number of hydrogen-bond acceptors (Lipinski definition) is 2. The van der Waals surface area contributed by atoms with E-state index in [1.165, 1.54) is 65.4 Å². The number of rotatable bonds is 9. The van der Waals surface area contributed by atoms with E-state index in [-0.39, 0.29) is 77.3 Å². The number of pyridine rings is 1. The van der Waals surface area contributed by atoms with Crippen LogP contribution in [0.5, 0.6) is 11.5 Å². The van der Waals surface area contributed by atoms with Gasteiger partial charge in [0, 0.05) is 96.4 Å². The molecule has 0 amide bonds. The Kier molecular flexibility index (Phi) is 5.71. The molecule has 0 atom stereocenters. The van der Waals surface area contributed by atoms with Crippen molar-refractivity contribution in [3.63, 3.8) is 0 Å². The Morgan fingerprint density at radius 3 is 1.85 bits per heavy atom. The molecule has 81 heavy (non-hydrogen) atoms. The van der Waals surface area contributed by atoms with Crippen molar-refractivity contribution >= 4 is 32.8 Å². The van der Waals surface area contributed by atoms with Gasteiger partial charge >= 0.3 is 0 Å². The van der Waals surface area contributed by atoms with Gasteiger partial charge < -0.3 is 13.9 Å². The molecule has 0 fully saturated rings. The summed E-state index contributed by atoms with van der Waals surface area (Å²) in [7, 11) is 0. The summed E-state index contributed by atoms with van der Waals surface area (Å²) in [5.74, 6) is -0.155. The van der Waals surface area contributed by atoms with E-state index in [0.29, 0.717) is 16.3 Å². The molecule has 0 spiro atoms. The van der Waals surface area contributed by atoms with E-state index in [1.807, 2.05) is 0 Å². The average molecular weight is 1290 g/mol. The van der Waals surface area contributed by atoms with Crippen molar-refractivity contribution < 1.29 is 92.1 Å². The normalized spacial score (nSPS) is 28.0. The molecule has 0 radical (unpaired) electrons. The van der Waals surface area contributed by atoms with Gasteiger partial charge in [-0.2, -0.15) is 18.2 Å². The topological polar surface area (TPSA) is 35.9 Å². The molecular weight excluding hydrogens is 1170 g/mol. The van der Waals surface area contributed by atoms with Crippen LogP contribution in [0.25, 0.3) is 83.4 Å². The Hall–Kier alpha value is -7.33. The molecule has 3 heterocycles. The molecule has 13 rings (SSSR count). The molecule has 0 bridgehead atoms. The maximum atomic E-state index is 10.4. The summed E-state index contributed by atoms with van der Waals surface area (Å²) >= 11 is 0. The molecule has 6 heteroatoms. The van der Waals surface area contributed by atoms with Crippen LogP contribution in [0.1, 0.15) is 191 Å². The van der Waals surface area contributed by atoms with Gasteiger partial charge in [-0.1, -0.05) is 208 Å². The van der Waals surface area contributed by atoms with E-state index in [0.717, 1.165) is 22.8 Å². The minimum absolute atomic E-state index is 0. The van der Waals surface area contributed by atoms with E-state index in [2.05, 4.69) is 18.5 Å². The molecule has 2 aliphatic carbocycles.